The van der Waals surface area contributed by atoms with Crippen LogP contribution in [0.4, 0.5) is 0 Å². The number of nitrogens with zero attached hydrogens (tertiary/aromatic N) is 2. The molecule has 6 nitrogen and oxygen atoms in total. The van der Waals surface area contributed by atoms with Crippen molar-refractivity contribution in [2.45, 2.75) is 19.8 Å². The van der Waals surface area contributed by atoms with Crippen molar-refractivity contribution in [1.29, 1.82) is 0 Å². The van der Waals surface area contributed by atoms with Crippen LogP contribution in [0, 0.1) is 0 Å². The van der Waals surface area contributed by atoms with Gasteiger partial charge in [0.1, 0.15) is 0 Å². The molecule has 8 heteroatoms. The number of hydrogen-bond donors (Lipinski definition) is 2. The third-order valence-electron chi connectivity index (χ3n) is 2.38. The molecule has 0 aliphatic carbocycles. The molecule has 0 spiro atoms. The highest BCUT2D eigenvalue weighted by Gasteiger charge is 2.27. The van der Waals surface area contributed by atoms with E-state index in [-0.39, 0.29) is 29.7 Å². The van der Waals surface area contributed by atoms with E-state index in [1.807, 2.05) is 6.92 Å². The quantitative estimate of drug-likeness (QED) is 0.400. The second-order valence-electron chi connectivity index (χ2n) is 3.76. The van der Waals surface area contributed by atoms with Gasteiger partial charge in [0.15, 0.2) is 5.96 Å². The van der Waals surface area contributed by atoms with Crippen molar-refractivity contribution in [3.63, 3.8) is 0 Å². The molecular weight excluding hydrogens is 355 g/mol. The molecule has 102 valence electrons. The zero-order valence-electron chi connectivity index (χ0n) is 10.1. The first-order chi connectivity index (χ1) is 7.56. The van der Waals surface area contributed by atoms with E-state index in [1.54, 1.807) is 0 Å². The maximum Gasteiger partial charge on any atom is 0.214 e. The molecule has 0 aromatic rings. The molecule has 1 saturated heterocycles. The van der Waals surface area contributed by atoms with E-state index in [0.717, 1.165) is 12.8 Å². The summed E-state index contributed by atoms with van der Waals surface area (Å²) in [5.74, 6) is 0.658. The summed E-state index contributed by atoms with van der Waals surface area (Å²) in [7, 11) is -2.99. The fraction of sp³-hybridized carbons (Fsp3) is 0.889. The zero-order chi connectivity index (χ0) is 12.0. The third kappa shape index (κ3) is 5.87. The Bertz CT molecular complexity index is 345. The lowest BCUT2D eigenvalue weighted by Crippen LogP contribution is -2.39. The van der Waals surface area contributed by atoms with E-state index in [9.17, 15) is 8.42 Å². The highest BCUT2D eigenvalue weighted by Crippen LogP contribution is 2.11. The first-order valence-electron chi connectivity index (χ1n) is 5.58. The van der Waals surface area contributed by atoms with E-state index in [0.29, 0.717) is 32.1 Å². The van der Waals surface area contributed by atoms with Gasteiger partial charge < -0.3 is 11.1 Å². The predicted molar refractivity (Wildman–Crippen MR) is 80.2 cm³/mol. The average Bonchev–Trinajstić information content (AvgIpc) is 2.55. The van der Waals surface area contributed by atoms with Crippen molar-refractivity contribution < 1.29 is 8.42 Å². The molecule has 0 saturated carbocycles. The highest BCUT2D eigenvalue weighted by atomic mass is 127. The van der Waals surface area contributed by atoms with Crippen LogP contribution in [0.15, 0.2) is 4.99 Å². The van der Waals surface area contributed by atoms with Crippen LogP contribution in [0.25, 0.3) is 0 Å². The molecule has 0 radical (unpaired) electrons. The summed E-state index contributed by atoms with van der Waals surface area (Å²) in [6, 6.07) is 0. The molecule has 3 N–H and O–H groups in total. The molecule has 17 heavy (non-hydrogen) atoms. The van der Waals surface area contributed by atoms with E-state index < -0.39 is 10.0 Å². The van der Waals surface area contributed by atoms with Crippen LogP contribution in [-0.2, 0) is 10.0 Å². The standard InChI is InChI=1S/C9H20N4O2S.HI/c1-2-4-11-9(10)12-5-7-13-6-3-8-16(13,14)15;/h2-8H2,1H3,(H3,10,11,12);1H. The van der Waals surface area contributed by atoms with Crippen molar-refractivity contribution >= 4 is 40.0 Å². The number of halogens is 1. The average molecular weight is 376 g/mol. The number of hydrogen-bond acceptors (Lipinski definition) is 3. The third-order valence-corrected chi connectivity index (χ3v) is 4.33. The minimum Gasteiger partial charge on any atom is -0.370 e. The molecule has 1 aliphatic heterocycles. The van der Waals surface area contributed by atoms with E-state index in [1.165, 1.54) is 4.31 Å². The van der Waals surface area contributed by atoms with Gasteiger partial charge in [0.25, 0.3) is 0 Å². The van der Waals surface area contributed by atoms with Crippen molar-refractivity contribution in [3.05, 3.63) is 0 Å². The molecule has 0 aromatic carbocycles. The number of nitrogens with two attached hydrogens (primary N) is 1. The van der Waals surface area contributed by atoms with Crippen molar-refractivity contribution in [1.82, 2.24) is 9.62 Å². The smallest absolute Gasteiger partial charge is 0.214 e. The van der Waals surface area contributed by atoms with Crippen LogP contribution in [0.2, 0.25) is 0 Å². The number of guanidine groups is 1. The summed E-state index contributed by atoms with van der Waals surface area (Å²) in [5.41, 5.74) is 5.58. The maximum absolute atomic E-state index is 11.4. The van der Waals surface area contributed by atoms with Crippen LogP contribution < -0.4 is 11.1 Å². The molecule has 0 unspecified atom stereocenters. The Morgan fingerprint density at radius 3 is 2.76 bits per heavy atom. The highest BCUT2D eigenvalue weighted by molar-refractivity contribution is 14.0. The topological polar surface area (TPSA) is 87.8 Å². The minimum atomic E-state index is -2.99. The zero-order valence-corrected chi connectivity index (χ0v) is 13.2. The molecule has 0 bridgehead atoms. The lowest BCUT2D eigenvalue weighted by molar-refractivity contribution is 0.445. The number of rotatable bonds is 5. The van der Waals surface area contributed by atoms with Gasteiger partial charge in [-0.05, 0) is 12.8 Å². The molecular formula is C9H21IN4O2S. The van der Waals surface area contributed by atoms with Gasteiger partial charge in [-0.1, -0.05) is 6.92 Å². The van der Waals surface area contributed by atoms with Crippen LogP contribution in [0.3, 0.4) is 0 Å². The number of aliphatic imine (C=N–C) groups is 1. The molecule has 1 heterocycles. The lowest BCUT2D eigenvalue weighted by Gasteiger charge is -2.14. The SMILES string of the molecule is CCCN=C(N)NCCN1CCCS1(=O)=O.I. The van der Waals surface area contributed by atoms with Gasteiger partial charge in [0.2, 0.25) is 10.0 Å². The van der Waals surface area contributed by atoms with Gasteiger partial charge in [-0.15, -0.1) is 24.0 Å². The largest absolute Gasteiger partial charge is 0.370 e. The first-order valence-corrected chi connectivity index (χ1v) is 7.19. The Labute approximate surface area is 120 Å². The van der Waals surface area contributed by atoms with E-state index in [4.69, 9.17) is 5.73 Å². The van der Waals surface area contributed by atoms with Gasteiger partial charge in [-0.3, -0.25) is 4.99 Å². The summed E-state index contributed by atoms with van der Waals surface area (Å²) in [5, 5.41) is 2.90. The van der Waals surface area contributed by atoms with Gasteiger partial charge in [0.05, 0.1) is 5.75 Å². The normalized spacial score (nSPS) is 19.9. The van der Waals surface area contributed by atoms with Crippen LogP contribution in [0.1, 0.15) is 19.8 Å². The summed E-state index contributed by atoms with van der Waals surface area (Å²) >= 11 is 0. The van der Waals surface area contributed by atoms with Gasteiger partial charge >= 0.3 is 0 Å². The van der Waals surface area contributed by atoms with Crippen molar-refractivity contribution in [3.8, 4) is 0 Å². The van der Waals surface area contributed by atoms with Gasteiger partial charge in [-0.25, -0.2) is 12.7 Å². The summed E-state index contributed by atoms with van der Waals surface area (Å²) < 4.78 is 24.4. The van der Waals surface area contributed by atoms with Gasteiger partial charge in [0, 0.05) is 26.2 Å². The van der Waals surface area contributed by atoms with Crippen LogP contribution >= 0.6 is 24.0 Å². The summed E-state index contributed by atoms with van der Waals surface area (Å²) in [6.45, 7) is 4.31. The molecule has 0 aromatic heterocycles. The molecule has 0 amide bonds. The molecule has 0 atom stereocenters. The summed E-state index contributed by atoms with van der Waals surface area (Å²) in [4.78, 5) is 4.06. The molecule has 1 aliphatic rings. The Morgan fingerprint density at radius 1 is 1.53 bits per heavy atom. The van der Waals surface area contributed by atoms with E-state index in [2.05, 4.69) is 10.3 Å². The Hall–Kier alpha value is -0.0900. The predicted octanol–water partition coefficient (Wildman–Crippen LogP) is -0.0458. The maximum atomic E-state index is 11.4. The minimum absolute atomic E-state index is 0. The Kier molecular flexibility index (Phi) is 8.05. The fourth-order valence-corrected chi connectivity index (χ4v) is 3.07. The Balaban J connectivity index is 0.00000256. The second-order valence-corrected chi connectivity index (χ2v) is 5.85. The fourth-order valence-electron chi connectivity index (χ4n) is 1.54. The van der Waals surface area contributed by atoms with Crippen LogP contribution in [-0.4, -0.2) is 50.6 Å². The second kappa shape index (κ2) is 8.09. The number of nitrogens with one attached hydrogen (secondary N) is 1. The van der Waals surface area contributed by atoms with Gasteiger partial charge in [-0.2, -0.15) is 0 Å². The van der Waals surface area contributed by atoms with E-state index >= 15 is 0 Å². The first kappa shape index (κ1) is 16.9. The summed E-state index contributed by atoms with van der Waals surface area (Å²) in [6.07, 6.45) is 1.67. The molecule has 1 fully saturated rings. The molecule has 1 rings (SSSR count). The van der Waals surface area contributed by atoms with Crippen molar-refractivity contribution in [2.24, 2.45) is 10.7 Å². The Morgan fingerprint density at radius 2 is 2.24 bits per heavy atom. The lowest BCUT2D eigenvalue weighted by atomic mass is 10.5. The monoisotopic (exact) mass is 376 g/mol. The van der Waals surface area contributed by atoms with Crippen LogP contribution in [0.5, 0.6) is 0 Å². The number of sulfonamides is 1. The van der Waals surface area contributed by atoms with Crippen molar-refractivity contribution in [2.75, 3.05) is 31.9 Å².